The van der Waals surface area contributed by atoms with Crippen molar-refractivity contribution in [3.05, 3.63) is 101 Å². The Bertz CT molecular complexity index is 1190. The van der Waals surface area contributed by atoms with Gasteiger partial charge in [-0.3, -0.25) is 4.79 Å². The Morgan fingerprint density at radius 1 is 0.588 bits per heavy atom. The second-order valence-electron chi connectivity index (χ2n) is 10.8. The molecule has 0 unspecified atom stereocenters. The molecule has 4 aromatic rings. The third-order valence-electron chi connectivity index (χ3n) is 6.14. The first-order valence-electron chi connectivity index (χ1n) is 11.7. The van der Waals surface area contributed by atoms with E-state index in [2.05, 4.69) is 119 Å². The van der Waals surface area contributed by atoms with Crippen LogP contribution >= 0.6 is 11.3 Å². The Labute approximate surface area is 207 Å². The maximum Gasteiger partial charge on any atom is 0.160 e. The minimum atomic E-state index is 0.112. The van der Waals surface area contributed by atoms with Gasteiger partial charge in [0.15, 0.2) is 6.29 Å². The molecule has 0 aliphatic rings. The summed E-state index contributed by atoms with van der Waals surface area (Å²) in [7, 11) is 0. The highest BCUT2D eigenvalue weighted by atomic mass is 32.1. The van der Waals surface area contributed by atoms with Gasteiger partial charge in [-0.25, -0.2) is 0 Å². The van der Waals surface area contributed by atoms with E-state index in [1.54, 1.807) is 0 Å². The fourth-order valence-corrected chi connectivity index (χ4v) is 4.84. The molecule has 0 saturated heterocycles. The van der Waals surface area contributed by atoms with Gasteiger partial charge in [0.05, 0.1) is 4.88 Å². The van der Waals surface area contributed by atoms with Crippen LogP contribution in [0.15, 0.2) is 84.9 Å². The second-order valence-corrected chi connectivity index (χ2v) is 11.9. The van der Waals surface area contributed by atoms with Crippen LogP contribution in [0, 0.1) is 0 Å². The van der Waals surface area contributed by atoms with Crippen LogP contribution in [0.5, 0.6) is 0 Å². The molecule has 0 fully saturated rings. The monoisotopic (exact) mass is 467 g/mol. The number of hydrogen-bond acceptors (Lipinski definition) is 3. The zero-order chi connectivity index (χ0) is 24.5. The summed E-state index contributed by atoms with van der Waals surface area (Å²) in [6, 6.07) is 30.2. The summed E-state index contributed by atoms with van der Waals surface area (Å²) in [6.45, 7) is 13.4. The van der Waals surface area contributed by atoms with Crippen molar-refractivity contribution < 1.29 is 4.79 Å². The van der Waals surface area contributed by atoms with Crippen molar-refractivity contribution in [3.63, 3.8) is 0 Å². The molecule has 3 aromatic carbocycles. The summed E-state index contributed by atoms with van der Waals surface area (Å²) in [5, 5.41) is 0. The van der Waals surface area contributed by atoms with Crippen LogP contribution in [-0.4, -0.2) is 6.29 Å². The number of carbonyl (C=O) groups excluding carboxylic acids is 1. The smallest absolute Gasteiger partial charge is 0.160 e. The van der Waals surface area contributed by atoms with Gasteiger partial charge in [0.1, 0.15) is 0 Å². The summed E-state index contributed by atoms with van der Waals surface area (Å²) in [6.07, 6.45) is 0.909. The quantitative estimate of drug-likeness (QED) is 0.273. The second kappa shape index (κ2) is 9.23. The van der Waals surface area contributed by atoms with E-state index in [0.29, 0.717) is 0 Å². The van der Waals surface area contributed by atoms with Crippen molar-refractivity contribution in [1.82, 2.24) is 0 Å². The average molecular weight is 468 g/mol. The van der Waals surface area contributed by atoms with Crippen molar-refractivity contribution in [2.75, 3.05) is 4.90 Å². The molecule has 0 N–H and O–H groups in total. The molecular weight excluding hydrogens is 434 g/mol. The summed E-state index contributed by atoms with van der Waals surface area (Å²) >= 11 is 1.52. The number of anilines is 3. The number of hydrogen-bond donors (Lipinski definition) is 0. The van der Waals surface area contributed by atoms with E-state index >= 15 is 0 Å². The zero-order valence-corrected chi connectivity index (χ0v) is 21.7. The third kappa shape index (κ3) is 5.15. The summed E-state index contributed by atoms with van der Waals surface area (Å²) < 4.78 is 0. The van der Waals surface area contributed by atoms with Gasteiger partial charge in [-0.15, -0.1) is 11.3 Å². The van der Waals surface area contributed by atoms with Gasteiger partial charge in [0.25, 0.3) is 0 Å². The largest absolute Gasteiger partial charge is 0.311 e. The van der Waals surface area contributed by atoms with Crippen LogP contribution in [0.1, 0.15) is 62.3 Å². The Balaban J connectivity index is 1.75. The van der Waals surface area contributed by atoms with Crippen molar-refractivity contribution in [2.24, 2.45) is 0 Å². The highest BCUT2D eigenvalue weighted by Crippen LogP contribution is 2.38. The maximum atomic E-state index is 11.1. The summed E-state index contributed by atoms with van der Waals surface area (Å²) in [5.74, 6) is 0. The van der Waals surface area contributed by atoms with E-state index in [-0.39, 0.29) is 10.8 Å². The number of carbonyl (C=O) groups is 1. The standard InChI is InChI=1S/C31H33NOS/c1-30(2,3)23-9-15-26(16-10-23)32(27-17-11-24(12-18-27)31(4,5)6)25-13-7-22(8-14-25)29-20-19-28(21-33)34-29/h7-21H,1-6H3. The van der Waals surface area contributed by atoms with Gasteiger partial charge in [-0.1, -0.05) is 77.9 Å². The Kier molecular flexibility index (Phi) is 6.51. The van der Waals surface area contributed by atoms with E-state index in [1.165, 1.54) is 22.5 Å². The third-order valence-corrected chi connectivity index (χ3v) is 7.20. The van der Waals surface area contributed by atoms with E-state index < -0.39 is 0 Å². The summed E-state index contributed by atoms with van der Waals surface area (Å²) in [4.78, 5) is 15.2. The van der Waals surface area contributed by atoms with Gasteiger partial charge >= 0.3 is 0 Å². The number of aldehydes is 1. The molecular formula is C31H33NOS. The molecule has 1 aromatic heterocycles. The topological polar surface area (TPSA) is 20.3 Å². The van der Waals surface area contributed by atoms with Crippen molar-refractivity contribution in [2.45, 2.75) is 52.4 Å². The van der Waals surface area contributed by atoms with Crippen LogP contribution in [0.2, 0.25) is 0 Å². The molecule has 3 heteroatoms. The first-order valence-corrected chi connectivity index (χ1v) is 12.5. The van der Waals surface area contributed by atoms with Gasteiger partial charge in [0.2, 0.25) is 0 Å². The van der Waals surface area contributed by atoms with Crippen LogP contribution in [0.3, 0.4) is 0 Å². The fraction of sp³-hybridized carbons (Fsp3) is 0.258. The lowest BCUT2D eigenvalue weighted by Crippen LogP contribution is -2.14. The van der Waals surface area contributed by atoms with Crippen molar-refractivity contribution in [1.29, 1.82) is 0 Å². The van der Waals surface area contributed by atoms with Crippen LogP contribution in [0.25, 0.3) is 10.4 Å². The number of rotatable bonds is 5. The molecule has 0 bridgehead atoms. The molecule has 0 spiro atoms. The minimum absolute atomic E-state index is 0.112. The molecule has 0 amide bonds. The molecule has 0 radical (unpaired) electrons. The van der Waals surface area contributed by atoms with Crippen LogP contribution in [-0.2, 0) is 10.8 Å². The molecule has 1 heterocycles. The number of thiophene rings is 1. The van der Waals surface area contributed by atoms with Crippen molar-refractivity contribution in [3.8, 4) is 10.4 Å². The first kappa shape index (κ1) is 24.0. The lowest BCUT2D eigenvalue weighted by Gasteiger charge is -2.28. The molecule has 34 heavy (non-hydrogen) atoms. The predicted molar refractivity (Wildman–Crippen MR) is 147 cm³/mol. The lowest BCUT2D eigenvalue weighted by atomic mass is 9.86. The molecule has 2 nitrogen and oxygen atoms in total. The normalized spacial score (nSPS) is 11.9. The van der Waals surface area contributed by atoms with Crippen LogP contribution in [0.4, 0.5) is 17.1 Å². The Hall–Kier alpha value is -3.17. The zero-order valence-electron chi connectivity index (χ0n) is 20.9. The lowest BCUT2D eigenvalue weighted by molar-refractivity contribution is 0.112. The van der Waals surface area contributed by atoms with E-state index in [0.717, 1.165) is 38.7 Å². The highest BCUT2D eigenvalue weighted by Gasteiger charge is 2.18. The first-order chi connectivity index (χ1) is 16.1. The van der Waals surface area contributed by atoms with Gasteiger partial charge in [0, 0.05) is 21.9 Å². The average Bonchev–Trinajstić information content (AvgIpc) is 3.29. The van der Waals surface area contributed by atoms with Crippen LogP contribution < -0.4 is 4.90 Å². The van der Waals surface area contributed by atoms with Crippen molar-refractivity contribution >= 4 is 34.7 Å². The van der Waals surface area contributed by atoms with Gasteiger partial charge < -0.3 is 4.90 Å². The predicted octanol–water partition coefficient (Wildman–Crippen LogP) is 9.29. The minimum Gasteiger partial charge on any atom is -0.311 e. The molecule has 174 valence electrons. The molecule has 0 aliphatic heterocycles. The Morgan fingerprint density at radius 2 is 1.00 bits per heavy atom. The molecule has 0 saturated carbocycles. The fourth-order valence-electron chi connectivity index (χ4n) is 4.01. The van der Waals surface area contributed by atoms with E-state index in [1.807, 2.05) is 12.1 Å². The van der Waals surface area contributed by atoms with E-state index in [9.17, 15) is 4.79 Å². The number of nitrogens with zero attached hydrogens (tertiary/aromatic N) is 1. The molecule has 4 rings (SSSR count). The van der Waals surface area contributed by atoms with E-state index in [4.69, 9.17) is 0 Å². The molecule has 0 aliphatic carbocycles. The maximum absolute atomic E-state index is 11.1. The Morgan fingerprint density at radius 3 is 1.35 bits per heavy atom. The SMILES string of the molecule is CC(C)(C)c1ccc(N(c2ccc(-c3ccc(C=O)s3)cc2)c2ccc(C(C)(C)C)cc2)cc1. The number of benzene rings is 3. The highest BCUT2D eigenvalue weighted by molar-refractivity contribution is 7.17. The summed E-state index contributed by atoms with van der Waals surface area (Å²) in [5.41, 5.74) is 7.33. The molecule has 0 atom stereocenters. The van der Waals surface area contributed by atoms with Gasteiger partial charge in [-0.2, -0.15) is 0 Å². The van der Waals surface area contributed by atoms with Gasteiger partial charge in [-0.05, 0) is 76.1 Å².